The Balaban J connectivity index is 1.97. The van der Waals surface area contributed by atoms with Crippen molar-refractivity contribution in [3.8, 4) is 0 Å². The molecule has 0 spiro atoms. The van der Waals surface area contributed by atoms with Crippen LogP contribution in [0.15, 0.2) is 0 Å². The van der Waals surface area contributed by atoms with Crippen LogP contribution in [0.5, 0.6) is 0 Å². The molecular formula is C12H25N. The van der Waals surface area contributed by atoms with E-state index in [1.54, 1.807) is 0 Å². The van der Waals surface area contributed by atoms with Crippen LogP contribution in [-0.2, 0) is 0 Å². The lowest BCUT2D eigenvalue weighted by Crippen LogP contribution is -2.21. The number of rotatable bonds is 7. The molecule has 0 aliphatic heterocycles. The van der Waals surface area contributed by atoms with Crippen LogP contribution in [-0.4, -0.2) is 12.6 Å². The van der Waals surface area contributed by atoms with Gasteiger partial charge in [0.1, 0.15) is 0 Å². The van der Waals surface area contributed by atoms with Crippen molar-refractivity contribution in [2.45, 2.75) is 58.9 Å². The third kappa shape index (κ3) is 4.66. The largest absolute Gasteiger partial charge is 0.314 e. The van der Waals surface area contributed by atoms with E-state index in [0.717, 1.165) is 17.9 Å². The Labute approximate surface area is 83.3 Å². The van der Waals surface area contributed by atoms with Crippen molar-refractivity contribution >= 4 is 0 Å². The molecule has 1 fully saturated rings. The third-order valence-electron chi connectivity index (χ3n) is 3.33. The zero-order chi connectivity index (χ0) is 9.68. The quantitative estimate of drug-likeness (QED) is 0.639. The zero-order valence-corrected chi connectivity index (χ0v) is 9.47. The molecule has 78 valence electrons. The van der Waals surface area contributed by atoms with E-state index in [0.29, 0.717) is 0 Å². The second-order valence-electron chi connectivity index (χ2n) is 4.76. The average molecular weight is 183 g/mol. The minimum atomic E-state index is 0.883. The van der Waals surface area contributed by atoms with Crippen molar-refractivity contribution in [3.63, 3.8) is 0 Å². The SMILES string of the molecule is CCCC(C)C(C)CCNC1CC1. The van der Waals surface area contributed by atoms with Gasteiger partial charge >= 0.3 is 0 Å². The first-order valence-corrected chi connectivity index (χ1v) is 5.97. The molecule has 0 amide bonds. The third-order valence-corrected chi connectivity index (χ3v) is 3.33. The number of nitrogens with one attached hydrogen (secondary N) is 1. The molecule has 0 saturated heterocycles. The van der Waals surface area contributed by atoms with Gasteiger partial charge in [0.2, 0.25) is 0 Å². The lowest BCUT2D eigenvalue weighted by atomic mass is 9.89. The van der Waals surface area contributed by atoms with Crippen molar-refractivity contribution in [1.82, 2.24) is 5.32 Å². The molecular weight excluding hydrogens is 158 g/mol. The fourth-order valence-corrected chi connectivity index (χ4v) is 1.83. The Bertz CT molecular complexity index is 129. The topological polar surface area (TPSA) is 12.0 Å². The molecule has 0 radical (unpaired) electrons. The maximum absolute atomic E-state index is 3.58. The summed E-state index contributed by atoms with van der Waals surface area (Å²) in [7, 11) is 0. The molecule has 0 aromatic heterocycles. The highest BCUT2D eigenvalue weighted by Crippen LogP contribution is 2.21. The van der Waals surface area contributed by atoms with Crippen LogP contribution in [0.3, 0.4) is 0 Å². The van der Waals surface area contributed by atoms with Gasteiger partial charge in [0.15, 0.2) is 0 Å². The Morgan fingerprint density at radius 3 is 2.31 bits per heavy atom. The van der Waals surface area contributed by atoms with Gasteiger partial charge in [-0.15, -0.1) is 0 Å². The van der Waals surface area contributed by atoms with Crippen molar-refractivity contribution in [2.75, 3.05) is 6.54 Å². The average Bonchev–Trinajstić information content (AvgIpc) is 2.88. The van der Waals surface area contributed by atoms with E-state index >= 15 is 0 Å². The maximum Gasteiger partial charge on any atom is 0.00682 e. The van der Waals surface area contributed by atoms with Gasteiger partial charge in [-0.2, -0.15) is 0 Å². The summed E-state index contributed by atoms with van der Waals surface area (Å²) in [6, 6.07) is 0.883. The van der Waals surface area contributed by atoms with Gasteiger partial charge in [-0.1, -0.05) is 33.6 Å². The molecule has 1 heteroatoms. The van der Waals surface area contributed by atoms with E-state index < -0.39 is 0 Å². The van der Waals surface area contributed by atoms with Gasteiger partial charge in [-0.05, 0) is 37.6 Å². The first kappa shape index (κ1) is 11.0. The molecule has 1 aliphatic carbocycles. The second-order valence-corrected chi connectivity index (χ2v) is 4.76. The smallest absolute Gasteiger partial charge is 0.00682 e. The maximum atomic E-state index is 3.58. The molecule has 2 atom stereocenters. The van der Waals surface area contributed by atoms with Gasteiger partial charge in [0.05, 0.1) is 0 Å². The van der Waals surface area contributed by atoms with E-state index in [2.05, 4.69) is 26.1 Å². The Kier molecular flexibility index (Phi) is 4.79. The molecule has 0 aromatic carbocycles. The van der Waals surface area contributed by atoms with E-state index in [4.69, 9.17) is 0 Å². The Morgan fingerprint density at radius 1 is 1.15 bits per heavy atom. The normalized spacial score (nSPS) is 21.5. The van der Waals surface area contributed by atoms with Crippen LogP contribution in [0.2, 0.25) is 0 Å². The van der Waals surface area contributed by atoms with Crippen molar-refractivity contribution < 1.29 is 0 Å². The monoisotopic (exact) mass is 183 g/mol. The summed E-state index contributed by atoms with van der Waals surface area (Å²) < 4.78 is 0. The van der Waals surface area contributed by atoms with E-state index in [1.807, 2.05) is 0 Å². The first-order valence-electron chi connectivity index (χ1n) is 5.97. The second kappa shape index (κ2) is 5.64. The molecule has 0 bridgehead atoms. The van der Waals surface area contributed by atoms with Crippen molar-refractivity contribution in [2.24, 2.45) is 11.8 Å². The lowest BCUT2D eigenvalue weighted by molar-refractivity contribution is 0.336. The van der Waals surface area contributed by atoms with Gasteiger partial charge in [0.25, 0.3) is 0 Å². The molecule has 1 saturated carbocycles. The fraction of sp³-hybridized carbons (Fsp3) is 1.00. The fourth-order valence-electron chi connectivity index (χ4n) is 1.83. The predicted molar refractivity (Wildman–Crippen MR) is 58.9 cm³/mol. The Morgan fingerprint density at radius 2 is 1.77 bits per heavy atom. The highest BCUT2D eigenvalue weighted by atomic mass is 14.9. The molecule has 1 N–H and O–H groups in total. The summed E-state index contributed by atoms with van der Waals surface area (Å²) in [4.78, 5) is 0. The first-order chi connectivity index (χ1) is 6.24. The molecule has 0 heterocycles. The summed E-state index contributed by atoms with van der Waals surface area (Å²) >= 11 is 0. The van der Waals surface area contributed by atoms with Crippen molar-refractivity contribution in [3.05, 3.63) is 0 Å². The summed E-state index contributed by atoms with van der Waals surface area (Å²) in [5.74, 6) is 1.80. The van der Waals surface area contributed by atoms with Crippen LogP contribution < -0.4 is 5.32 Å². The van der Waals surface area contributed by atoms with Gasteiger partial charge < -0.3 is 5.32 Å². The summed E-state index contributed by atoms with van der Waals surface area (Å²) in [5, 5.41) is 3.58. The highest BCUT2D eigenvalue weighted by Gasteiger charge is 2.20. The molecule has 0 aromatic rings. The van der Waals surface area contributed by atoms with Gasteiger partial charge in [0, 0.05) is 6.04 Å². The van der Waals surface area contributed by atoms with Gasteiger partial charge in [-0.3, -0.25) is 0 Å². The highest BCUT2D eigenvalue weighted by molar-refractivity contribution is 4.80. The van der Waals surface area contributed by atoms with Crippen LogP contribution in [0, 0.1) is 11.8 Å². The van der Waals surface area contributed by atoms with Crippen LogP contribution in [0.25, 0.3) is 0 Å². The Hall–Kier alpha value is -0.0400. The van der Waals surface area contributed by atoms with Gasteiger partial charge in [-0.25, -0.2) is 0 Å². The minimum Gasteiger partial charge on any atom is -0.314 e. The summed E-state index contributed by atoms with van der Waals surface area (Å²) in [6.45, 7) is 8.31. The number of hydrogen-bond donors (Lipinski definition) is 1. The van der Waals surface area contributed by atoms with Crippen LogP contribution >= 0.6 is 0 Å². The van der Waals surface area contributed by atoms with E-state index in [9.17, 15) is 0 Å². The minimum absolute atomic E-state index is 0.883. The standard InChI is InChI=1S/C12H25N/c1-4-5-10(2)11(3)8-9-13-12-6-7-12/h10-13H,4-9H2,1-3H3. The van der Waals surface area contributed by atoms with Crippen LogP contribution in [0.1, 0.15) is 52.9 Å². The molecule has 13 heavy (non-hydrogen) atoms. The predicted octanol–water partition coefficient (Wildman–Crippen LogP) is 3.20. The molecule has 1 rings (SSSR count). The lowest BCUT2D eigenvalue weighted by Gasteiger charge is -2.19. The molecule has 1 nitrogen and oxygen atoms in total. The summed E-state index contributed by atoms with van der Waals surface area (Å²) in [5.41, 5.74) is 0. The van der Waals surface area contributed by atoms with E-state index in [1.165, 1.54) is 38.6 Å². The molecule has 2 unspecified atom stereocenters. The zero-order valence-electron chi connectivity index (χ0n) is 9.47. The van der Waals surface area contributed by atoms with E-state index in [-0.39, 0.29) is 0 Å². The summed E-state index contributed by atoms with van der Waals surface area (Å²) in [6.07, 6.45) is 6.92. The number of hydrogen-bond acceptors (Lipinski definition) is 1. The van der Waals surface area contributed by atoms with Crippen molar-refractivity contribution in [1.29, 1.82) is 0 Å². The van der Waals surface area contributed by atoms with Crippen LogP contribution in [0.4, 0.5) is 0 Å². The molecule has 1 aliphatic rings.